The summed E-state index contributed by atoms with van der Waals surface area (Å²) in [6.45, 7) is 2.93. The Bertz CT molecular complexity index is 757. The Morgan fingerprint density at radius 1 is 1.24 bits per heavy atom. The molecule has 6 heteroatoms. The molecule has 0 amide bonds. The number of pyridine rings is 1. The minimum absolute atomic E-state index is 0.301. The van der Waals surface area contributed by atoms with E-state index in [0.29, 0.717) is 5.28 Å². The third-order valence-corrected chi connectivity index (χ3v) is 4.43. The first-order chi connectivity index (χ1) is 10.1. The Kier molecular flexibility index (Phi) is 4.03. The normalized spacial score (nSPS) is 11.0. The van der Waals surface area contributed by atoms with Gasteiger partial charge >= 0.3 is 0 Å². The van der Waals surface area contributed by atoms with Gasteiger partial charge in [0.2, 0.25) is 5.28 Å². The second-order valence-electron chi connectivity index (χ2n) is 4.92. The number of likely N-dealkylation sites (N-methyl/N-ethyl adjacent to an activating group) is 1. The van der Waals surface area contributed by atoms with Crippen LogP contribution in [-0.4, -0.2) is 28.5 Å². The number of aromatic nitrogens is 3. The number of aryl methyl sites for hydroxylation is 1. The summed E-state index contributed by atoms with van der Waals surface area (Å²) in [6.07, 6.45) is 4.57. The highest BCUT2D eigenvalue weighted by Crippen LogP contribution is 2.31. The highest BCUT2D eigenvalue weighted by atomic mass is 35.5. The molecule has 3 heterocycles. The van der Waals surface area contributed by atoms with Gasteiger partial charge in [-0.1, -0.05) is 0 Å². The first-order valence-corrected chi connectivity index (χ1v) is 7.86. The van der Waals surface area contributed by atoms with E-state index < -0.39 is 0 Å². The Labute approximate surface area is 132 Å². The van der Waals surface area contributed by atoms with Gasteiger partial charge in [0.05, 0.1) is 5.39 Å². The fraction of sp³-hybridized carbons (Fsp3) is 0.267. The predicted octanol–water partition coefficient (Wildman–Crippen LogP) is 3.73. The summed E-state index contributed by atoms with van der Waals surface area (Å²) >= 11 is 7.69. The van der Waals surface area contributed by atoms with E-state index in [9.17, 15) is 0 Å². The second kappa shape index (κ2) is 5.95. The van der Waals surface area contributed by atoms with Gasteiger partial charge in [0.1, 0.15) is 10.6 Å². The highest BCUT2D eigenvalue weighted by Gasteiger charge is 2.13. The minimum Gasteiger partial charge on any atom is -0.359 e. The van der Waals surface area contributed by atoms with E-state index in [1.165, 1.54) is 10.4 Å². The van der Waals surface area contributed by atoms with Crippen LogP contribution in [0.1, 0.15) is 10.4 Å². The van der Waals surface area contributed by atoms with Gasteiger partial charge in [-0.3, -0.25) is 4.98 Å². The van der Waals surface area contributed by atoms with Crippen LogP contribution in [0.3, 0.4) is 0 Å². The van der Waals surface area contributed by atoms with E-state index in [1.807, 2.05) is 31.6 Å². The lowest BCUT2D eigenvalue weighted by Crippen LogP contribution is -2.21. The molecular weight excluding hydrogens is 304 g/mol. The molecule has 0 atom stereocenters. The molecule has 0 spiro atoms. The summed E-state index contributed by atoms with van der Waals surface area (Å²) in [5.41, 5.74) is 1.26. The van der Waals surface area contributed by atoms with E-state index in [0.717, 1.165) is 29.0 Å². The number of hydrogen-bond acceptors (Lipinski definition) is 5. The molecular formula is C15H15ClN4S. The molecule has 3 aromatic rings. The van der Waals surface area contributed by atoms with Crippen LogP contribution >= 0.6 is 22.9 Å². The van der Waals surface area contributed by atoms with Gasteiger partial charge in [0, 0.05) is 30.9 Å². The van der Waals surface area contributed by atoms with Crippen LogP contribution in [0.2, 0.25) is 5.28 Å². The van der Waals surface area contributed by atoms with Crippen molar-refractivity contribution in [3.8, 4) is 0 Å². The van der Waals surface area contributed by atoms with Crippen LogP contribution in [0, 0.1) is 6.92 Å². The summed E-state index contributed by atoms with van der Waals surface area (Å²) in [6, 6.07) is 6.19. The quantitative estimate of drug-likeness (QED) is 0.687. The Hall–Kier alpha value is -1.72. The van der Waals surface area contributed by atoms with Crippen LogP contribution in [-0.2, 0) is 6.42 Å². The molecule has 0 fully saturated rings. The van der Waals surface area contributed by atoms with Gasteiger partial charge in [-0.05, 0) is 48.7 Å². The van der Waals surface area contributed by atoms with Crippen LogP contribution in [0.15, 0.2) is 30.6 Å². The summed E-state index contributed by atoms with van der Waals surface area (Å²) in [5.74, 6) is 0.892. The van der Waals surface area contributed by atoms with Gasteiger partial charge in [0.25, 0.3) is 0 Å². The lowest BCUT2D eigenvalue weighted by molar-refractivity contribution is 0.861. The third kappa shape index (κ3) is 3.14. The fourth-order valence-corrected chi connectivity index (χ4v) is 3.33. The lowest BCUT2D eigenvalue weighted by atomic mass is 10.2. The van der Waals surface area contributed by atoms with Crippen LogP contribution in [0.25, 0.3) is 10.2 Å². The van der Waals surface area contributed by atoms with Crippen molar-refractivity contribution in [2.24, 2.45) is 0 Å². The Balaban J connectivity index is 1.85. The largest absolute Gasteiger partial charge is 0.359 e. The smallest absolute Gasteiger partial charge is 0.225 e. The number of thiophene rings is 1. The Morgan fingerprint density at radius 3 is 2.76 bits per heavy atom. The molecule has 108 valence electrons. The van der Waals surface area contributed by atoms with Crippen LogP contribution < -0.4 is 4.90 Å². The Morgan fingerprint density at radius 2 is 2.00 bits per heavy atom. The molecule has 0 aliphatic rings. The molecule has 0 saturated heterocycles. The first-order valence-electron chi connectivity index (χ1n) is 6.67. The zero-order valence-corrected chi connectivity index (χ0v) is 13.4. The minimum atomic E-state index is 0.301. The maximum absolute atomic E-state index is 6.04. The van der Waals surface area contributed by atoms with Crippen LogP contribution in [0.5, 0.6) is 0 Å². The zero-order valence-electron chi connectivity index (χ0n) is 11.9. The van der Waals surface area contributed by atoms with E-state index >= 15 is 0 Å². The van der Waals surface area contributed by atoms with Crippen molar-refractivity contribution in [1.29, 1.82) is 0 Å². The molecule has 0 unspecified atom stereocenters. The van der Waals surface area contributed by atoms with Crippen LogP contribution in [0.4, 0.5) is 5.82 Å². The van der Waals surface area contributed by atoms with Crippen molar-refractivity contribution in [2.45, 2.75) is 13.3 Å². The van der Waals surface area contributed by atoms with E-state index in [2.05, 4.69) is 32.8 Å². The number of rotatable bonds is 4. The zero-order chi connectivity index (χ0) is 14.8. The predicted molar refractivity (Wildman–Crippen MR) is 88.4 cm³/mol. The third-order valence-electron chi connectivity index (χ3n) is 3.32. The molecule has 0 aliphatic carbocycles. The molecule has 3 rings (SSSR count). The van der Waals surface area contributed by atoms with Crippen molar-refractivity contribution in [3.63, 3.8) is 0 Å². The second-order valence-corrected chi connectivity index (χ2v) is 6.49. The van der Waals surface area contributed by atoms with Gasteiger partial charge in [0.15, 0.2) is 0 Å². The molecule has 21 heavy (non-hydrogen) atoms. The molecule has 0 radical (unpaired) electrons. The number of hydrogen-bond donors (Lipinski definition) is 0. The van der Waals surface area contributed by atoms with Crippen molar-refractivity contribution >= 4 is 39.0 Å². The summed E-state index contributed by atoms with van der Waals surface area (Å²) in [7, 11) is 2.03. The SMILES string of the molecule is Cc1cc2c(N(C)CCc3ccncc3)nc(Cl)nc2s1. The molecule has 0 aliphatic heterocycles. The lowest BCUT2D eigenvalue weighted by Gasteiger charge is -2.19. The molecule has 0 saturated carbocycles. The van der Waals surface area contributed by atoms with E-state index in [-0.39, 0.29) is 0 Å². The van der Waals surface area contributed by atoms with Gasteiger partial charge in [-0.2, -0.15) is 4.98 Å². The van der Waals surface area contributed by atoms with Crippen molar-refractivity contribution in [3.05, 3.63) is 46.3 Å². The average molecular weight is 319 g/mol. The van der Waals surface area contributed by atoms with Gasteiger partial charge < -0.3 is 4.90 Å². The summed E-state index contributed by atoms with van der Waals surface area (Å²) < 4.78 is 0. The summed E-state index contributed by atoms with van der Waals surface area (Å²) in [5, 5.41) is 1.37. The van der Waals surface area contributed by atoms with Crippen molar-refractivity contribution in [2.75, 3.05) is 18.5 Å². The number of fused-ring (bicyclic) bond motifs is 1. The van der Waals surface area contributed by atoms with Gasteiger partial charge in [-0.25, -0.2) is 4.98 Å². The van der Waals surface area contributed by atoms with Crippen molar-refractivity contribution in [1.82, 2.24) is 15.0 Å². The molecule has 4 nitrogen and oxygen atoms in total. The topological polar surface area (TPSA) is 41.9 Å². The highest BCUT2D eigenvalue weighted by molar-refractivity contribution is 7.18. The summed E-state index contributed by atoms with van der Waals surface area (Å²) in [4.78, 5) is 17.0. The standard InChI is InChI=1S/C15H15ClN4S/c1-10-9-12-13(18-15(16)19-14(12)21-10)20(2)8-5-11-3-6-17-7-4-11/h3-4,6-7,9H,5,8H2,1-2H3. The average Bonchev–Trinajstić information content (AvgIpc) is 2.85. The monoisotopic (exact) mass is 318 g/mol. The molecule has 0 bridgehead atoms. The molecule has 0 aromatic carbocycles. The van der Waals surface area contributed by atoms with E-state index in [4.69, 9.17) is 11.6 Å². The number of nitrogens with zero attached hydrogens (tertiary/aromatic N) is 4. The van der Waals surface area contributed by atoms with E-state index in [1.54, 1.807) is 11.3 Å². The fourth-order valence-electron chi connectivity index (χ4n) is 2.24. The number of halogens is 1. The number of anilines is 1. The maximum atomic E-state index is 6.04. The molecule has 0 N–H and O–H groups in total. The van der Waals surface area contributed by atoms with Gasteiger partial charge in [-0.15, -0.1) is 11.3 Å². The maximum Gasteiger partial charge on any atom is 0.225 e. The first kappa shape index (κ1) is 14.2. The molecule has 3 aromatic heterocycles. The van der Waals surface area contributed by atoms with Crippen molar-refractivity contribution < 1.29 is 0 Å².